The highest BCUT2D eigenvalue weighted by molar-refractivity contribution is 6.76. The van der Waals surface area contributed by atoms with Crippen LogP contribution in [0.25, 0.3) is 0 Å². The van der Waals surface area contributed by atoms with Crippen LogP contribution in [0, 0.1) is 5.92 Å². The van der Waals surface area contributed by atoms with Gasteiger partial charge in [0.2, 0.25) is 5.91 Å². The van der Waals surface area contributed by atoms with Crippen molar-refractivity contribution >= 4 is 20.1 Å². The minimum atomic E-state index is -1.26. The van der Waals surface area contributed by atoms with Crippen molar-refractivity contribution in [3.05, 3.63) is 0 Å². The van der Waals surface area contributed by atoms with E-state index in [0.29, 0.717) is 31.8 Å². The summed E-state index contributed by atoms with van der Waals surface area (Å²) in [5.41, 5.74) is -0.832. The molecule has 1 saturated heterocycles. The molecular formula is C15H29NO4Si. The lowest BCUT2D eigenvalue weighted by Gasteiger charge is -2.36. The Balaban J connectivity index is 2.76. The number of hydrogen-bond acceptors (Lipinski definition) is 4. The van der Waals surface area contributed by atoms with Gasteiger partial charge in [-0.15, -0.1) is 0 Å². The van der Waals surface area contributed by atoms with E-state index in [1.165, 1.54) is 4.90 Å². The van der Waals surface area contributed by atoms with Crippen molar-refractivity contribution in [3.63, 3.8) is 0 Å². The smallest absolute Gasteiger partial charge is 0.418 e. The Morgan fingerprint density at radius 2 is 2.00 bits per heavy atom. The molecule has 1 aliphatic rings. The highest BCUT2D eigenvalue weighted by atomic mass is 28.3. The Morgan fingerprint density at radius 1 is 1.38 bits per heavy atom. The quantitative estimate of drug-likeness (QED) is 0.704. The van der Waals surface area contributed by atoms with Gasteiger partial charge in [0.15, 0.2) is 5.72 Å². The van der Waals surface area contributed by atoms with E-state index in [-0.39, 0.29) is 5.91 Å². The zero-order valence-corrected chi connectivity index (χ0v) is 15.2. The average Bonchev–Trinajstić information content (AvgIpc) is 2.64. The molecule has 122 valence electrons. The number of carbonyl (C=O) groups excluding carboxylic acids is 2. The Labute approximate surface area is 129 Å². The van der Waals surface area contributed by atoms with Gasteiger partial charge in [0.1, 0.15) is 0 Å². The average molecular weight is 315 g/mol. The van der Waals surface area contributed by atoms with Crippen LogP contribution in [0.5, 0.6) is 0 Å². The van der Waals surface area contributed by atoms with Crippen molar-refractivity contribution in [2.45, 2.75) is 64.5 Å². The molecular weight excluding hydrogens is 286 g/mol. The fraction of sp³-hybridized carbons (Fsp3) is 0.867. The Hall–Kier alpha value is -0.883. The van der Waals surface area contributed by atoms with E-state index in [2.05, 4.69) is 33.5 Å². The first-order chi connectivity index (χ1) is 9.61. The van der Waals surface area contributed by atoms with Gasteiger partial charge >= 0.3 is 6.09 Å². The minimum absolute atomic E-state index is 0.199. The molecule has 0 bridgehead atoms. The zero-order valence-electron chi connectivity index (χ0n) is 14.2. The maximum atomic E-state index is 12.3. The second-order valence-corrected chi connectivity index (χ2v) is 13.0. The lowest BCUT2D eigenvalue weighted by atomic mass is 9.98. The van der Waals surface area contributed by atoms with Crippen molar-refractivity contribution < 1.29 is 19.1 Å². The molecule has 1 aliphatic heterocycles. The molecule has 0 aromatic carbocycles. The van der Waals surface area contributed by atoms with E-state index in [9.17, 15) is 9.59 Å². The summed E-state index contributed by atoms with van der Waals surface area (Å²) >= 11 is 0. The molecule has 1 atom stereocenters. The predicted octanol–water partition coefficient (Wildman–Crippen LogP) is 3.47. The van der Waals surface area contributed by atoms with Crippen LogP contribution in [0.3, 0.4) is 0 Å². The molecule has 0 saturated carbocycles. The SMILES string of the molecule is COC1(CC(C)C)CCC(=O)N1C(=O)OCC[Si](C)(C)C. The van der Waals surface area contributed by atoms with Crippen LogP contribution in [0.2, 0.25) is 25.7 Å². The molecule has 2 amide bonds. The predicted molar refractivity (Wildman–Crippen MR) is 84.8 cm³/mol. The highest BCUT2D eigenvalue weighted by Crippen LogP contribution is 2.37. The van der Waals surface area contributed by atoms with Gasteiger partial charge in [-0.1, -0.05) is 33.5 Å². The van der Waals surface area contributed by atoms with Crippen LogP contribution in [-0.4, -0.2) is 44.4 Å². The largest absolute Gasteiger partial charge is 0.449 e. The molecule has 0 spiro atoms. The van der Waals surface area contributed by atoms with Crippen molar-refractivity contribution in [2.75, 3.05) is 13.7 Å². The van der Waals surface area contributed by atoms with Crippen LogP contribution in [0.4, 0.5) is 4.79 Å². The summed E-state index contributed by atoms with van der Waals surface area (Å²) < 4.78 is 10.9. The summed E-state index contributed by atoms with van der Waals surface area (Å²) in [6, 6.07) is 0.894. The molecule has 1 unspecified atom stereocenters. The number of nitrogens with zero attached hydrogens (tertiary/aromatic N) is 1. The molecule has 0 aromatic heterocycles. The number of amides is 2. The van der Waals surface area contributed by atoms with E-state index in [1.807, 2.05) is 0 Å². The Bertz CT molecular complexity index is 392. The van der Waals surface area contributed by atoms with Crippen molar-refractivity contribution in [3.8, 4) is 0 Å². The summed E-state index contributed by atoms with van der Waals surface area (Å²) in [7, 11) is 0.296. The third kappa shape index (κ3) is 4.81. The normalized spacial score (nSPS) is 23.0. The number of likely N-dealkylation sites (tertiary alicyclic amines) is 1. The van der Waals surface area contributed by atoms with Gasteiger partial charge in [-0.3, -0.25) is 4.79 Å². The number of hydrogen-bond donors (Lipinski definition) is 0. The fourth-order valence-electron chi connectivity index (χ4n) is 2.64. The van der Waals surface area contributed by atoms with Crippen LogP contribution in [0.15, 0.2) is 0 Å². The molecule has 1 fully saturated rings. The lowest BCUT2D eigenvalue weighted by Crippen LogP contribution is -2.51. The summed E-state index contributed by atoms with van der Waals surface area (Å²) in [6.07, 6.45) is 0.962. The summed E-state index contributed by atoms with van der Waals surface area (Å²) in [5.74, 6) is 0.128. The molecule has 0 aliphatic carbocycles. The van der Waals surface area contributed by atoms with Gasteiger partial charge in [0, 0.05) is 28.0 Å². The Kier molecular flexibility index (Phi) is 5.98. The number of ether oxygens (including phenoxy) is 2. The summed E-state index contributed by atoms with van der Waals surface area (Å²) in [5, 5.41) is 0. The molecule has 0 aromatic rings. The first-order valence-electron chi connectivity index (χ1n) is 7.66. The van der Waals surface area contributed by atoms with Gasteiger partial charge in [0.25, 0.3) is 0 Å². The minimum Gasteiger partial charge on any atom is -0.449 e. The van der Waals surface area contributed by atoms with Gasteiger partial charge in [-0.2, -0.15) is 0 Å². The zero-order chi connectivity index (χ0) is 16.3. The molecule has 6 heteroatoms. The van der Waals surface area contributed by atoms with E-state index in [1.54, 1.807) is 7.11 Å². The first kappa shape index (κ1) is 18.2. The number of rotatable bonds is 6. The van der Waals surface area contributed by atoms with Gasteiger partial charge < -0.3 is 9.47 Å². The third-order valence-corrected chi connectivity index (χ3v) is 5.46. The van der Waals surface area contributed by atoms with Gasteiger partial charge in [-0.25, -0.2) is 9.69 Å². The molecule has 0 radical (unpaired) electrons. The molecule has 21 heavy (non-hydrogen) atoms. The van der Waals surface area contributed by atoms with Crippen molar-refractivity contribution in [2.24, 2.45) is 5.92 Å². The number of methoxy groups -OCH3 is 1. The summed E-state index contributed by atoms with van der Waals surface area (Å²) in [4.78, 5) is 25.6. The fourth-order valence-corrected chi connectivity index (χ4v) is 3.35. The van der Waals surface area contributed by atoms with E-state index in [4.69, 9.17) is 9.47 Å². The second-order valence-electron chi connectivity index (χ2n) is 7.40. The summed E-state index contributed by atoms with van der Waals surface area (Å²) in [6.45, 7) is 11.1. The van der Waals surface area contributed by atoms with E-state index in [0.717, 1.165) is 6.04 Å². The highest BCUT2D eigenvalue weighted by Gasteiger charge is 2.50. The van der Waals surface area contributed by atoms with E-state index < -0.39 is 19.9 Å². The number of carbonyl (C=O) groups is 2. The van der Waals surface area contributed by atoms with Gasteiger partial charge in [0.05, 0.1) is 6.61 Å². The topological polar surface area (TPSA) is 55.8 Å². The molecule has 5 nitrogen and oxygen atoms in total. The maximum absolute atomic E-state index is 12.3. The van der Waals surface area contributed by atoms with Crippen molar-refractivity contribution in [1.82, 2.24) is 4.90 Å². The second kappa shape index (κ2) is 6.92. The van der Waals surface area contributed by atoms with Crippen LogP contribution >= 0.6 is 0 Å². The first-order valence-corrected chi connectivity index (χ1v) is 11.4. The van der Waals surface area contributed by atoms with Crippen molar-refractivity contribution in [1.29, 1.82) is 0 Å². The number of imide groups is 1. The van der Waals surface area contributed by atoms with Crippen LogP contribution in [-0.2, 0) is 14.3 Å². The molecule has 1 heterocycles. The standard InChI is InChI=1S/C15H29NO4Si/c1-12(2)11-15(19-3)8-7-13(17)16(15)14(18)20-9-10-21(4,5)6/h12H,7-11H2,1-6H3. The Morgan fingerprint density at radius 3 is 2.48 bits per heavy atom. The van der Waals surface area contributed by atoms with Crippen LogP contribution < -0.4 is 0 Å². The third-order valence-electron chi connectivity index (χ3n) is 3.75. The maximum Gasteiger partial charge on any atom is 0.418 e. The lowest BCUT2D eigenvalue weighted by molar-refractivity contribution is -0.149. The monoisotopic (exact) mass is 315 g/mol. The molecule has 0 N–H and O–H groups in total. The van der Waals surface area contributed by atoms with Gasteiger partial charge in [-0.05, 0) is 18.4 Å². The molecule has 1 rings (SSSR count). The van der Waals surface area contributed by atoms with E-state index >= 15 is 0 Å². The van der Waals surface area contributed by atoms with Crippen LogP contribution in [0.1, 0.15) is 33.1 Å².